The van der Waals surface area contributed by atoms with Gasteiger partial charge in [-0.2, -0.15) is 0 Å². The van der Waals surface area contributed by atoms with E-state index in [4.69, 9.17) is 19.8 Å². The second-order valence-corrected chi connectivity index (χ2v) is 6.97. The third kappa shape index (κ3) is 5.20. The molecular formula is C18H20N4O4S. The molecule has 3 heterocycles. The van der Waals surface area contributed by atoms with Crippen LogP contribution in [0.5, 0.6) is 0 Å². The molecule has 0 aliphatic heterocycles. The van der Waals surface area contributed by atoms with Crippen LogP contribution in [0.1, 0.15) is 16.1 Å². The maximum absolute atomic E-state index is 9.10. The van der Waals surface area contributed by atoms with Gasteiger partial charge in [0.15, 0.2) is 0 Å². The number of anilines is 1. The van der Waals surface area contributed by atoms with Gasteiger partial charge in [0.1, 0.15) is 17.0 Å². The number of nitrogens with zero attached hydrogens (tertiary/aromatic N) is 4. The van der Waals surface area contributed by atoms with Crippen molar-refractivity contribution in [2.24, 2.45) is 0 Å². The number of hydrogen-bond acceptors (Lipinski definition) is 7. The lowest BCUT2D eigenvalue weighted by Gasteiger charge is -2.19. The molecule has 3 rings (SSSR count). The molecule has 0 fully saturated rings. The SMILES string of the molecule is Cc1sc2ncnc(N(C)CCc3ccccn3)c2c1C.O=C(O)C(=O)O. The second-order valence-electron chi connectivity index (χ2n) is 5.76. The number of pyridine rings is 1. The molecule has 0 saturated heterocycles. The molecule has 0 aliphatic rings. The minimum Gasteiger partial charge on any atom is -0.473 e. The molecule has 0 radical (unpaired) electrons. The number of aliphatic carboxylic acids is 2. The van der Waals surface area contributed by atoms with Gasteiger partial charge in [-0.15, -0.1) is 11.3 Å². The van der Waals surface area contributed by atoms with Crippen molar-refractivity contribution in [3.05, 3.63) is 46.9 Å². The van der Waals surface area contributed by atoms with Crippen molar-refractivity contribution in [1.29, 1.82) is 0 Å². The number of carboxylic acid groups (broad SMARTS) is 2. The molecule has 0 unspecified atom stereocenters. The van der Waals surface area contributed by atoms with Crippen LogP contribution in [0.4, 0.5) is 5.82 Å². The number of aryl methyl sites for hydroxylation is 2. The van der Waals surface area contributed by atoms with Gasteiger partial charge in [-0.3, -0.25) is 4.98 Å². The van der Waals surface area contributed by atoms with E-state index < -0.39 is 11.9 Å². The highest BCUT2D eigenvalue weighted by atomic mass is 32.1. The average Bonchev–Trinajstić information content (AvgIpc) is 2.95. The van der Waals surface area contributed by atoms with Gasteiger partial charge in [0.05, 0.1) is 5.39 Å². The van der Waals surface area contributed by atoms with E-state index in [0.29, 0.717) is 0 Å². The Bertz CT molecular complexity index is 931. The number of hydrogen-bond donors (Lipinski definition) is 2. The summed E-state index contributed by atoms with van der Waals surface area (Å²) in [5.41, 5.74) is 2.39. The number of thiophene rings is 1. The van der Waals surface area contributed by atoms with E-state index in [1.807, 2.05) is 18.3 Å². The van der Waals surface area contributed by atoms with Crippen molar-refractivity contribution in [3.63, 3.8) is 0 Å². The Balaban J connectivity index is 0.000000380. The van der Waals surface area contributed by atoms with Crippen LogP contribution < -0.4 is 4.90 Å². The van der Waals surface area contributed by atoms with Gasteiger partial charge in [-0.25, -0.2) is 19.6 Å². The highest BCUT2D eigenvalue weighted by molar-refractivity contribution is 7.18. The lowest BCUT2D eigenvalue weighted by atomic mass is 10.2. The quantitative estimate of drug-likeness (QED) is 0.655. The molecule has 142 valence electrons. The summed E-state index contributed by atoms with van der Waals surface area (Å²) in [4.78, 5) is 36.0. The molecule has 0 aliphatic carbocycles. The Labute approximate surface area is 160 Å². The summed E-state index contributed by atoms with van der Waals surface area (Å²) in [6, 6.07) is 6.03. The van der Waals surface area contributed by atoms with E-state index in [0.717, 1.165) is 29.3 Å². The van der Waals surface area contributed by atoms with Gasteiger partial charge >= 0.3 is 11.9 Å². The van der Waals surface area contributed by atoms with Crippen LogP contribution >= 0.6 is 11.3 Å². The second kappa shape index (κ2) is 9.04. The van der Waals surface area contributed by atoms with E-state index in [9.17, 15) is 0 Å². The van der Waals surface area contributed by atoms with Crippen LogP contribution in [0.25, 0.3) is 10.2 Å². The number of aromatic nitrogens is 3. The van der Waals surface area contributed by atoms with Crippen molar-refractivity contribution in [2.45, 2.75) is 20.3 Å². The number of likely N-dealkylation sites (N-methyl/N-ethyl adjacent to an activating group) is 1. The standard InChI is InChI=1S/C16H18N4S.C2H2O4/c1-11-12(2)21-16-14(11)15(18-10-19-16)20(3)9-7-13-6-4-5-8-17-13;3-1(4)2(5)6/h4-6,8,10H,7,9H2,1-3H3;(H,3,4)(H,5,6). The minimum absolute atomic E-state index is 0.886. The maximum Gasteiger partial charge on any atom is 0.414 e. The van der Waals surface area contributed by atoms with E-state index in [1.165, 1.54) is 15.8 Å². The zero-order valence-electron chi connectivity index (χ0n) is 15.2. The topological polar surface area (TPSA) is 117 Å². The van der Waals surface area contributed by atoms with Crippen LogP contribution in [-0.4, -0.2) is 50.7 Å². The Hall–Kier alpha value is -3.07. The largest absolute Gasteiger partial charge is 0.473 e. The Morgan fingerprint density at radius 1 is 1.11 bits per heavy atom. The normalized spacial score (nSPS) is 10.2. The molecule has 3 aromatic rings. The van der Waals surface area contributed by atoms with Crippen molar-refractivity contribution in [1.82, 2.24) is 15.0 Å². The minimum atomic E-state index is -1.82. The molecule has 9 heteroatoms. The molecule has 8 nitrogen and oxygen atoms in total. The molecule has 0 saturated carbocycles. The number of carbonyl (C=O) groups is 2. The Kier molecular flexibility index (Phi) is 6.78. The first-order chi connectivity index (χ1) is 12.8. The van der Waals surface area contributed by atoms with Crippen molar-refractivity contribution in [2.75, 3.05) is 18.5 Å². The van der Waals surface area contributed by atoms with Crippen molar-refractivity contribution >= 4 is 39.3 Å². The van der Waals surface area contributed by atoms with Gasteiger partial charge in [-0.1, -0.05) is 6.07 Å². The van der Waals surface area contributed by atoms with Gasteiger partial charge in [-0.05, 0) is 31.5 Å². The summed E-state index contributed by atoms with van der Waals surface area (Å²) in [5, 5.41) is 16.0. The smallest absolute Gasteiger partial charge is 0.414 e. The summed E-state index contributed by atoms with van der Waals surface area (Å²) < 4.78 is 0. The number of rotatable bonds is 4. The fourth-order valence-electron chi connectivity index (χ4n) is 2.39. The first-order valence-electron chi connectivity index (χ1n) is 8.09. The van der Waals surface area contributed by atoms with E-state index >= 15 is 0 Å². The highest BCUT2D eigenvalue weighted by Gasteiger charge is 2.14. The summed E-state index contributed by atoms with van der Waals surface area (Å²) in [7, 11) is 2.08. The molecule has 0 aromatic carbocycles. The Morgan fingerprint density at radius 2 is 1.81 bits per heavy atom. The number of carboxylic acids is 2. The molecule has 3 aromatic heterocycles. The van der Waals surface area contributed by atoms with Crippen LogP contribution in [0.15, 0.2) is 30.7 Å². The monoisotopic (exact) mass is 388 g/mol. The lowest BCUT2D eigenvalue weighted by molar-refractivity contribution is -0.159. The molecule has 0 bridgehead atoms. The van der Waals surface area contributed by atoms with Crippen LogP contribution in [0, 0.1) is 13.8 Å². The summed E-state index contributed by atoms with van der Waals surface area (Å²) >= 11 is 1.73. The van der Waals surface area contributed by atoms with Gasteiger partial charge in [0, 0.05) is 36.8 Å². The van der Waals surface area contributed by atoms with E-state index in [1.54, 1.807) is 17.7 Å². The molecule has 0 spiro atoms. The van der Waals surface area contributed by atoms with Crippen molar-refractivity contribution < 1.29 is 19.8 Å². The van der Waals surface area contributed by atoms with E-state index in [-0.39, 0.29) is 0 Å². The fraction of sp³-hybridized carbons (Fsp3) is 0.278. The zero-order chi connectivity index (χ0) is 20.0. The van der Waals surface area contributed by atoms with Crippen LogP contribution in [0.2, 0.25) is 0 Å². The number of fused-ring (bicyclic) bond motifs is 1. The molecule has 2 N–H and O–H groups in total. The third-order valence-corrected chi connectivity index (χ3v) is 5.03. The first kappa shape index (κ1) is 20.2. The summed E-state index contributed by atoms with van der Waals surface area (Å²) in [6.07, 6.45) is 4.40. The first-order valence-corrected chi connectivity index (χ1v) is 8.90. The van der Waals surface area contributed by atoms with Gasteiger partial charge in [0.25, 0.3) is 0 Å². The Morgan fingerprint density at radius 3 is 2.41 bits per heavy atom. The maximum atomic E-state index is 9.10. The zero-order valence-corrected chi connectivity index (χ0v) is 16.0. The van der Waals surface area contributed by atoms with Gasteiger partial charge < -0.3 is 15.1 Å². The molecule has 0 atom stereocenters. The predicted molar refractivity (Wildman–Crippen MR) is 103 cm³/mol. The van der Waals surface area contributed by atoms with E-state index in [2.05, 4.69) is 46.8 Å². The lowest BCUT2D eigenvalue weighted by Crippen LogP contribution is -2.22. The van der Waals surface area contributed by atoms with Gasteiger partial charge in [0.2, 0.25) is 0 Å². The molecule has 0 amide bonds. The molecule has 27 heavy (non-hydrogen) atoms. The summed E-state index contributed by atoms with van der Waals surface area (Å²) in [6.45, 7) is 5.17. The van der Waals surface area contributed by atoms with Crippen LogP contribution in [0.3, 0.4) is 0 Å². The summed E-state index contributed by atoms with van der Waals surface area (Å²) in [5.74, 6) is -2.64. The van der Waals surface area contributed by atoms with Crippen LogP contribution in [-0.2, 0) is 16.0 Å². The highest BCUT2D eigenvalue weighted by Crippen LogP contribution is 2.33. The predicted octanol–water partition coefficient (Wildman–Crippen LogP) is 2.54. The fourth-order valence-corrected chi connectivity index (χ4v) is 3.38. The van der Waals surface area contributed by atoms with Crippen molar-refractivity contribution in [3.8, 4) is 0 Å². The molecular weight excluding hydrogens is 368 g/mol. The third-order valence-electron chi connectivity index (χ3n) is 3.92. The average molecular weight is 388 g/mol.